The number of methoxy groups -OCH3 is 1. The largest absolute Gasteiger partial charge is 0.493 e. The number of aliphatic imine (C=N–C) groups is 1. The second-order valence-corrected chi connectivity index (χ2v) is 8.44. The highest BCUT2D eigenvalue weighted by Gasteiger charge is 2.27. The number of nitro groups is 1. The van der Waals surface area contributed by atoms with Crippen molar-refractivity contribution in [2.24, 2.45) is 4.99 Å². The van der Waals surface area contributed by atoms with Crippen LogP contribution in [0.5, 0.6) is 11.5 Å². The minimum atomic E-state index is -0.771. The first-order valence-electron chi connectivity index (χ1n) is 9.98. The Bertz CT molecular complexity index is 1470. The van der Waals surface area contributed by atoms with Crippen LogP contribution in [-0.2, 0) is 9.53 Å². The number of hydrogen-bond acceptors (Lipinski definition) is 8. The van der Waals surface area contributed by atoms with Crippen molar-refractivity contribution >= 4 is 64.4 Å². The van der Waals surface area contributed by atoms with Gasteiger partial charge in [-0.2, -0.15) is 0 Å². The first-order valence-corrected chi connectivity index (χ1v) is 11.1. The van der Waals surface area contributed by atoms with Crippen molar-refractivity contribution in [3.8, 4) is 11.5 Å². The maximum Gasteiger partial charge on any atom is 0.363 e. The highest BCUT2D eigenvalue weighted by atomic mass is 35.5. The molecule has 1 heterocycles. The van der Waals surface area contributed by atoms with E-state index in [0.717, 1.165) is 6.07 Å². The van der Waals surface area contributed by atoms with Gasteiger partial charge < -0.3 is 14.2 Å². The Hall–Kier alpha value is -3.92. The minimum Gasteiger partial charge on any atom is -0.493 e. The summed E-state index contributed by atoms with van der Waals surface area (Å²) >= 11 is 18.3. The zero-order valence-electron chi connectivity index (χ0n) is 18.2. The van der Waals surface area contributed by atoms with Gasteiger partial charge in [-0.05, 0) is 54.1 Å². The molecule has 0 bridgehead atoms. The molecule has 9 nitrogen and oxygen atoms in total. The average molecular weight is 548 g/mol. The number of nitrogens with zero attached hydrogens (tertiary/aromatic N) is 2. The van der Waals surface area contributed by atoms with Crippen molar-refractivity contribution in [2.75, 3.05) is 7.11 Å². The lowest BCUT2D eigenvalue weighted by atomic mass is 10.1. The number of nitro benzene ring substituents is 1. The molecule has 0 saturated heterocycles. The van der Waals surface area contributed by atoms with Crippen molar-refractivity contribution in [2.45, 2.75) is 0 Å². The van der Waals surface area contributed by atoms with Crippen LogP contribution in [0.2, 0.25) is 15.1 Å². The first kappa shape index (κ1) is 25.2. The van der Waals surface area contributed by atoms with E-state index < -0.39 is 16.9 Å². The van der Waals surface area contributed by atoms with E-state index in [1.165, 1.54) is 49.6 Å². The summed E-state index contributed by atoms with van der Waals surface area (Å²) in [4.78, 5) is 39.3. The molecular weight excluding hydrogens is 535 g/mol. The van der Waals surface area contributed by atoms with Gasteiger partial charge in [0.05, 0.1) is 33.2 Å². The monoisotopic (exact) mass is 546 g/mol. The standard InChI is InChI=1S/C24H13Cl3N2O7/c1-34-20-10-12(8-18(27)21(20)35-23(30)13-2-4-14(25)5-3-13)9-19-24(31)36-22(28-19)16-7-6-15(29(32)33)11-17(16)26/h2-11H,1H3/b19-9-. The Kier molecular flexibility index (Phi) is 7.25. The van der Waals surface area contributed by atoms with Crippen LogP contribution < -0.4 is 9.47 Å². The molecule has 1 aliphatic heterocycles. The summed E-state index contributed by atoms with van der Waals surface area (Å²) in [5.41, 5.74) is 0.560. The van der Waals surface area contributed by atoms with Crippen molar-refractivity contribution in [3.05, 3.63) is 102 Å². The molecule has 0 unspecified atom stereocenters. The number of benzene rings is 3. The van der Waals surface area contributed by atoms with E-state index in [1.54, 1.807) is 12.1 Å². The number of carbonyl (C=O) groups is 2. The maximum absolute atomic E-state index is 12.5. The van der Waals surface area contributed by atoms with E-state index in [-0.39, 0.29) is 50.0 Å². The fraction of sp³-hybridized carbons (Fsp3) is 0.0417. The average Bonchev–Trinajstić information content (AvgIpc) is 3.20. The number of ether oxygens (including phenoxy) is 3. The van der Waals surface area contributed by atoms with E-state index in [0.29, 0.717) is 10.6 Å². The molecule has 182 valence electrons. The van der Waals surface area contributed by atoms with Gasteiger partial charge in [-0.3, -0.25) is 10.1 Å². The van der Waals surface area contributed by atoms with Gasteiger partial charge in [-0.25, -0.2) is 14.6 Å². The molecule has 0 aromatic heterocycles. The summed E-state index contributed by atoms with van der Waals surface area (Å²) in [6.07, 6.45) is 1.38. The third-order valence-corrected chi connectivity index (χ3v) is 5.69. The summed E-state index contributed by atoms with van der Waals surface area (Å²) in [6, 6.07) is 12.7. The molecule has 0 N–H and O–H groups in total. The van der Waals surface area contributed by atoms with Crippen LogP contribution in [0.4, 0.5) is 5.69 Å². The Morgan fingerprint density at radius 3 is 2.42 bits per heavy atom. The van der Waals surface area contributed by atoms with Crippen molar-refractivity contribution in [3.63, 3.8) is 0 Å². The third kappa shape index (κ3) is 5.33. The number of halogens is 3. The van der Waals surface area contributed by atoms with Crippen LogP contribution in [0.3, 0.4) is 0 Å². The number of hydrogen-bond donors (Lipinski definition) is 0. The van der Waals surface area contributed by atoms with Crippen LogP contribution in [0, 0.1) is 10.1 Å². The molecule has 0 atom stereocenters. The van der Waals surface area contributed by atoms with E-state index in [9.17, 15) is 19.7 Å². The van der Waals surface area contributed by atoms with Crippen LogP contribution in [-0.4, -0.2) is 29.9 Å². The van der Waals surface area contributed by atoms with Crippen LogP contribution >= 0.6 is 34.8 Å². The van der Waals surface area contributed by atoms with Gasteiger partial charge in [-0.1, -0.05) is 34.8 Å². The molecule has 0 amide bonds. The molecule has 3 aromatic rings. The lowest BCUT2D eigenvalue weighted by Gasteiger charge is -2.12. The lowest BCUT2D eigenvalue weighted by Crippen LogP contribution is -2.09. The highest BCUT2D eigenvalue weighted by Crippen LogP contribution is 2.38. The Morgan fingerprint density at radius 1 is 1.06 bits per heavy atom. The second kappa shape index (κ2) is 10.4. The molecule has 36 heavy (non-hydrogen) atoms. The van der Waals surface area contributed by atoms with Gasteiger partial charge in [0.1, 0.15) is 0 Å². The number of non-ortho nitro benzene ring substituents is 1. The maximum atomic E-state index is 12.5. The number of carbonyl (C=O) groups excluding carboxylic acids is 2. The van der Waals surface area contributed by atoms with Gasteiger partial charge in [0, 0.05) is 17.2 Å². The molecule has 0 saturated carbocycles. The predicted octanol–water partition coefficient (Wildman–Crippen LogP) is 6.13. The number of esters is 2. The zero-order valence-corrected chi connectivity index (χ0v) is 20.4. The van der Waals surface area contributed by atoms with Crippen molar-refractivity contribution in [1.82, 2.24) is 0 Å². The molecule has 0 aliphatic carbocycles. The normalized spacial score (nSPS) is 13.8. The fourth-order valence-electron chi connectivity index (χ4n) is 3.13. The van der Waals surface area contributed by atoms with E-state index >= 15 is 0 Å². The molecule has 0 fully saturated rings. The summed E-state index contributed by atoms with van der Waals surface area (Å²) in [6.45, 7) is 0. The topological polar surface area (TPSA) is 117 Å². The number of rotatable bonds is 6. The Balaban J connectivity index is 1.62. The fourth-order valence-corrected chi connectivity index (χ4v) is 3.77. The summed E-state index contributed by atoms with van der Waals surface area (Å²) in [7, 11) is 1.36. The smallest absolute Gasteiger partial charge is 0.363 e. The molecule has 1 aliphatic rings. The molecule has 4 rings (SSSR count). The first-order chi connectivity index (χ1) is 17.2. The van der Waals surface area contributed by atoms with E-state index in [1.807, 2.05) is 0 Å². The lowest BCUT2D eigenvalue weighted by molar-refractivity contribution is -0.384. The van der Waals surface area contributed by atoms with Crippen molar-refractivity contribution < 1.29 is 28.7 Å². The molecular formula is C24H13Cl3N2O7. The predicted molar refractivity (Wildman–Crippen MR) is 133 cm³/mol. The summed E-state index contributed by atoms with van der Waals surface area (Å²) < 4.78 is 15.9. The van der Waals surface area contributed by atoms with Crippen LogP contribution in [0.15, 0.2) is 65.3 Å². The quantitative estimate of drug-likeness (QED) is 0.120. The zero-order chi connectivity index (χ0) is 26.0. The van der Waals surface area contributed by atoms with Crippen molar-refractivity contribution in [1.29, 1.82) is 0 Å². The van der Waals surface area contributed by atoms with Gasteiger partial charge >= 0.3 is 11.9 Å². The van der Waals surface area contributed by atoms with Gasteiger partial charge in [0.2, 0.25) is 5.90 Å². The summed E-state index contributed by atoms with van der Waals surface area (Å²) in [5, 5.41) is 11.4. The van der Waals surface area contributed by atoms with Gasteiger partial charge in [0.25, 0.3) is 5.69 Å². The van der Waals surface area contributed by atoms with Gasteiger partial charge in [-0.15, -0.1) is 0 Å². The molecule has 3 aromatic carbocycles. The van der Waals surface area contributed by atoms with Crippen LogP contribution in [0.1, 0.15) is 21.5 Å². The minimum absolute atomic E-state index is 0.00595. The molecule has 0 radical (unpaired) electrons. The second-order valence-electron chi connectivity index (χ2n) is 7.19. The summed E-state index contributed by atoms with van der Waals surface area (Å²) in [5.74, 6) is -1.44. The third-order valence-electron chi connectivity index (χ3n) is 4.84. The van der Waals surface area contributed by atoms with Gasteiger partial charge in [0.15, 0.2) is 17.2 Å². The molecule has 0 spiro atoms. The Morgan fingerprint density at radius 2 is 1.78 bits per heavy atom. The Labute approximate surface area is 218 Å². The van der Waals surface area contributed by atoms with Crippen LogP contribution in [0.25, 0.3) is 6.08 Å². The SMILES string of the molecule is COc1cc(/C=C2\N=C(c3ccc([N+](=O)[O-])cc3Cl)OC2=O)cc(Cl)c1OC(=O)c1ccc(Cl)cc1. The number of cyclic esters (lactones) is 1. The molecule has 12 heteroatoms. The van der Waals surface area contributed by atoms with E-state index in [4.69, 9.17) is 49.0 Å². The highest BCUT2D eigenvalue weighted by molar-refractivity contribution is 6.35. The van der Waals surface area contributed by atoms with E-state index in [2.05, 4.69) is 4.99 Å².